The number of methoxy groups -OCH3 is 2. The van der Waals surface area contributed by atoms with Crippen molar-refractivity contribution in [1.82, 2.24) is 0 Å². The summed E-state index contributed by atoms with van der Waals surface area (Å²) in [6, 6.07) is 1.78. The van der Waals surface area contributed by atoms with Gasteiger partial charge in [-0.2, -0.15) is 0 Å². The Morgan fingerprint density at radius 3 is 2.22 bits per heavy atom. The molecular weight excluding hydrogens is 244 g/mol. The molecule has 0 spiro atoms. The lowest BCUT2D eigenvalue weighted by molar-refractivity contribution is -0.150. The van der Waals surface area contributed by atoms with Crippen molar-refractivity contribution in [2.24, 2.45) is 0 Å². The van der Waals surface area contributed by atoms with Crippen molar-refractivity contribution in [3.63, 3.8) is 0 Å². The average Bonchev–Trinajstić information content (AvgIpc) is 2.36. The van der Waals surface area contributed by atoms with Crippen LogP contribution in [0, 0.1) is 0 Å². The first-order valence-corrected chi connectivity index (χ1v) is 4.82. The molecule has 3 N–H and O–H groups in total. The van der Waals surface area contributed by atoms with E-state index in [0.29, 0.717) is 0 Å². The molecule has 0 saturated heterocycles. The van der Waals surface area contributed by atoms with Gasteiger partial charge in [0.1, 0.15) is 17.1 Å². The van der Waals surface area contributed by atoms with Crippen LogP contribution in [0.2, 0.25) is 0 Å². The summed E-state index contributed by atoms with van der Waals surface area (Å²) in [7, 11) is 2.16. The number of hydrogen-bond donors (Lipinski definition) is 3. The largest absolute Gasteiger partial charge is 0.507 e. The number of rotatable bonds is 3. The zero-order valence-corrected chi connectivity index (χ0v) is 9.71. The number of benzene rings is 1. The van der Waals surface area contributed by atoms with Crippen molar-refractivity contribution in [2.75, 3.05) is 14.2 Å². The number of esters is 2. The molecule has 7 heteroatoms. The molecule has 7 nitrogen and oxygen atoms in total. The van der Waals surface area contributed by atoms with Gasteiger partial charge in [0.05, 0.1) is 14.2 Å². The number of carbonyl (C=O) groups excluding carboxylic acids is 2. The smallest absolute Gasteiger partial charge is 0.341 e. The average molecular weight is 256 g/mol. The maximum atomic E-state index is 11.3. The van der Waals surface area contributed by atoms with E-state index in [1.807, 2.05) is 0 Å². The summed E-state index contributed by atoms with van der Waals surface area (Å²) in [5.74, 6) is -2.95. The number of aliphatic hydroxyl groups is 1. The molecular formula is C11H12O7. The highest BCUT2D eigenvalue weighted by atomic mass is 16.5. The lowest BCUT2D eigenvalue weighted by Gasteiger charge is -2.12. The second kappa shape index (κ2) is 5.37. The Morgan fingerprint density at radius 1 is 1.11 bits per heavy atom. The predicted molar refractivity (Wildman–Crippen MR) is 58.1 cm³/mol. The summed E-state index contributed by atoms with van der Waals surface area (Å²) >= 11 is 0. The van der Waals surface area contributed by atoms with Crippen LogP contribution in [0.25, 0.3) is 0 Å². The highest BCUT2D eigenvalue weighted by Crippen LogP contribution is 2.32. The first-order valence-electron chi connectivity index (χ1n) is 4.82. The van der Waals surface area contributed by atoms with E-state index >= 15 is 0 Å². The molecule has 1 rings (SSSR count). The molecule has 0 aliphatic rings. The molecule has 1 aromatic carbocycles. The highest BCUT2D eigenvalue weighted by molar-refractivity contribution is 5.93. The highest BCUT2D eigenvalue weighted by Gasteiger charge is 2.25. The fraction of sp³-hybridized carbons (Fsp3) is 0.273. The summed E-state index contributed by atoms with van der Waals surface area (Å²) in [6.07, 6.45) is -1.76. The van der Waals surface area contributed by atoms with Crippen LogP contribution in [0.4, 0.5) is 0 Å². The van der Waals surface area contributed by atoms with Gasteiger partial charge in [0.15, 0.2) is 6.10 Å². The number of ether oxygens (including phenoxy) is 2. The topological polar surface area (TPSA) is 113 Å². The van der Waals surface area contributed by atoms with E-state index in [0.717, 1.165) is 26.4 Å². The third-order valence-corrected chi connectivity index (χ3v) is 2.27. The summed E-state index contributed by atoms with van der Waals surface area (Å²) in [4.78, 5) is 22.4. The van der Waals surface area contributed by atoms with Crippen LogP contribution in [-0.2, 0) is 14.3 Å². The molecule has 0 aliphatic carbocycles. The van der Waals surface area contributed by atoms with Gasteiger partial charge < -0.3 is 24.8 Å². The molecule has 1 aromatic rings. The molecule has 1 unspecified atom stereocenters. The minimum atomic E-state index is -1.76. The first-order chi connectivity index (χ1) is 8.42. The third-order valence-electron chi connectivity index (χ3n) is 2.27. The molecule has 18 heavy (non-hydrogen) atoms. The Bertz CT molecular complexity index is 481. The van der Waals surface area contributed by atoms with Gasteiger partial charge in [-0.15, -0.1) is 0 Å². The molecule has 98 valence electrons. The maximum Gasteiger partial charge on any atom is 0.341 e. The summed E-state index contributed by atoms with van der Waals surface area (Å²) in [5.41, 5.74) is -0.548. The maximum absolute atomic E-state index is 11.3. The van der Waals surface area contributed by atoms with Gasteiger partial charge in [-0.1, -0.05) is 0 Å². The van der Waals surface area contributed by atoms with E-state index in [1.54, 1.807) is 0 Å². The van der Waals surface area contributed by atoms with Crippen LogP contribution in [0.3, 0.4) is 0 Å². The predicted octanol–water partition coefficient (Wildman–Crippen LogP) is 0.0908. The van der Waals surface area contributed by atoms with Crippen LogP contribution in [0.1, 0.15) is 22.0 Å². The SMILES string of the molecule is COC(=O)c1cc(C(O)C(=O)OC)c(O)cc1O. The Balaban J connectivity index is 3.29. The van der Waals surface area contributed by atoms with Gasteiger partial charge in [-0.05, 0) is 6.07 Å². The summed E-state index contributed by atoms with van der Waals surface area (Å²) in [5, 5.41) is 28.5. The van der Waals surface area contributed by atoms with Crippen molar-refractivity contribution in [3.05, 3.63) is 23.3 Å². The number of aromatic hydroxyl groups is 2. The molecule has 0 aliphatic heterocycles. The minimum absolute atomic E-state index is 0.264. The number of phenolic OH excluding ortho intramolecular Hbond substituents is 2. The van der Waals surface area contributed by atoms with Crippen LogP contribution in [0.15, 0.2) is 12.1 Å². The van der Waals surface area contributed by atoms with Gasteiger partial charge in [-0.25, -0.2) is 9.59 Å². The van der Waals surface area contributed by atoms with E-state index in [-0.39, 0.29) is 11.1 Å². The molecule has 0 saturated carbocycles. The van der Waals surface area contributed by atoms with Crippen molar-refractivity contribution >= 4 is 11.9 Å². The van der Waals surface area contributed by atoms with Crippen molar-refractivity contribution in [3.8, 4) is 11.5 Å². The van der Waals surface area contributed by atoms with Crippen molar-refractivity contribution in [2.45, 2.75) is 6.10 Å². The lowest BCUT2D eigenvalue weighted by atomic mass is 10.0. The normalized spacial score (nSPS) is 11.7. The summed E-state index contributed by atoms with van der Waals surface area (Å²) in [6.45, 7) is 0. The fourth-order valence-electron chi connectivity index (χ4n) is 1.33. The van der Waals surface area contributed by atoms with Crippen LogP contribution < -0.4 is 0 Å². The van der Waals surface area contributed by atoms with E-state index in [2.05, 4.69) is 9.47 Å². The molecule has 0 radical (unpaired) electrons. The van der Waals surface area contributed by atoms with Gasteiger partial charge >= 0.3 is 11.9 Å². The monoisotopic (exact) mass is 256 g/mol. The van der Waals surface area contributed by atoms with Gasteiger partial charge in [0.25, 0.3) is 0 Å². The van der Waals surface area contributed by atoms with E-state index in [9.17, 15) is 24.9 Å². The van der Waals surface area contributed by atoms with Crippen LogP contribution in [-0.4, -0.2) is 41.5 Å². The Morgan fingerprint density at radius 2 is 1.72 bits per heavy atom. The Hall–Kier alpha value is -2.28. The number of hydrogen-bond acceptors (Lipinski definition) is 7. The van der Waals surface area contributed by atoms with E-state index < -0.39 is 29.5 Å². The Labute approximate surface area is 102 Å². The van der Waals surface area contributed by atoms with E-state index in [1.165, 1.54) is 0 Å². The second-order valence-corrected chi connectivity index (χ2v) is 3.35. The van der Waals surface area contributed by atoms with Crippen molar-refractivity contribution < 1.29 is 34.4 Å². The van der Waals surface area contributed by atoms with Crippen LogP contribution in [0.5, 0.6) is 11.5 Å². The number of carbonyl (C=O) groups is 2. The Kier molecular flexibility index (Phi) is 4.11. The lowest BCUT2D eigenvalue weighted by Crippen LogP contribution is -2.14. The van der Waals surface area contributed by atoms with Gasteiger partial charge in [0, 0.05) is 11.6 Å². The van der Waals surface area contributed by atoms with Crippen LogP contribution >= 0.6 is 0 Å². The van der Waals surface area contributed by atoms with Gasteiger partial charge in [0.2, 0.25) is 0 Å². The van der Waals surface area contributed by atoms with Crippen molar-refractivity contribution in [1.29, 1.82) is 0 Å². The fourth-order valence-corrected chi connectivity index (χ4v) is 1.33. The molecule has 1 atom stereocenters. The molecule has 0 bridgehead atoms. The zero-order chi connectivity index (χ0) is 13.9. The number of aliphatic hydroxyl groups excluding tert-OH is 1. The van der Waals surface area contributed by atoms with Gasteiger partial charge in [-0.3, -0.25) is 0 Å². The minimum Gasteiger partial charge on any atom is -0.507 e. The molecule has 0 heterocycles. The molecule has 0 aromatic heterocycles. The third kappa shape index (κ3) is 2.51. The first kappa shape index (κ1) is 13.8. The summed E-state index contributed by atoms with van der Waals surface area (Å²) < 4.78 is 8.70. The molecule has 0 amide bonds. The molecule has 0 fully saturated rings. The standard InChI is InChI=1S/C11H12O7/c1-17-10(15)6-3-5(7(12)4-8(6)13)9(14)11(16)18-2/h3-4,9,12-14H,1-2H3. The van der Waals surface area contributed by atoms with E-state index in [4.69, 9.17) is 0 Å². The quantitative estimate of drug-likeness (QED) is 0.657. The zero-order valence-electron chi connectivity index (χ0n) is 9.71. The second-order valence-electron chi connectivity index (χ2n) is 3.35. The number of phenols is 2.